The van der Waals surface area contributed by atoms with E-state index in [1.54, 1.807) is 18.2 Å². The zero-order chi connectivity index (χ0) is 29.9. The van der Waals surface area contributed by atoms with Crippen LogP contribution in [-0.2, 0) is 21.2 Å². The Balaban J connectivity index is 1.21. The summed E-state index contributed by atoms with van der Waals surface area (Å²) in [4.78, 5) is 41.7. The van der Waals surface area contributed by atoms with Crippen LogP contribution in [0.2, 0.25) is 4.34 Å². The van der Waals surface area contributed by atoms with Crippen molar-refractivity contribution in [2.45, 2.75) is 36.3 Å². The molecule has 2 aromatic carbocycles. The quantitative estimate of drug-likeness (QED) is 0.222. The molecule has 4 amide bonds. The molecule has 222 valence electrons. The Kier molecular flexibility index (Phi) is 9.11. The van der Waals surface area contributed by atoms with E-state index in [2.05, 4.69) is 15.5 Å². The van der Waals surface area contributed by atoms with Crippen LogP contribution in [0.3, 0.4) is 0 Å². The van der Waals surface area contributed by atoms with E-state index in [4.69, 9.17) is 11.6 Å². The lowest BCUT2D eigenvalue weighted by molar-refractivity contribution is -0.117. The summed E-state index contributed by atoms with van der Waals surface area (Å²) in [6, 6.07) is 10.0. The number of piperidine rings is 1. The van der Waals surface area contributed by atoms with Gasteiger partial charge in [0.2, 0.25) is 5.91 Å². The number of carbonyl (C=O) groups excluding carboxylic acids is 3. The van der Waals surface area contributed by atoms with E-state index in [1.807, 2.05) is 4.72 Å². The summed E-state index contributed by atoms with van der Waals surface area (Å²) >= 11 is 6.53. The van der Waals surface area contributed by atoms with Gasteiger partial charge in [0.25, 0.3) is 15.9 Å². The van der Waals surface area contributed by atoms with Gasteiger partial charge in [-0.1, -0.05) is 18.0 Å². The highest BCUT2D eigenvalue weighted by Gasteiger charge is 2.34. The van der Waals surface area contributed by atoms with Crippen molar-refractivity contribution in [3.05, 3.63) is 69.8 Å². The maximum atomic E-state index is 15.1. The summed E-state index contributed by atoms with van der Waals surface area (Å²) in [6.07, 6.45) is 4.69. The van der Waals surface area contributed by atoms with Gasteiger partial charge in [-0.3, -0.25) is 9.59 Å². The first-order valence-electron chi connectivity index (χ1n) is 13.5. The number of urea groups is 1. The van der Waals surface area contributed by atoms with Crippen molar-refractivity contribution in [1.29, 1.82) is 0 Å². The van der Waals surface area contributed by atoms with Gasteiger partial charge in [-0.05, 0) is 93.0 Å². The highest BCUT2D eigenvalue weighted by molar-refractivity contribution is 7.92. The number of rotatable bonds is 9. The molecule has 42 heavy (non-hydrogen) atoms. The van der Waals surface area contributed by atoms with Gasteiger partial charge in [0.1, 0.15) is 10.0 Å². The number of thiophene rings is 1. The van der Waals surface area contributed by atoms with E-state index >= 15 is 4.39 Å². The Labute approximate surface area is 251 Å². The molecule has 1 saturated heterocycles. The van der Waals surface area contributed by atoms with Crippen LogP contribution in [0.25, 0.3) is 0 Å². The van der Waals surface area contributed by atoms with Crippen LogP contribution in [0.15, 0.2) is 52.7 Å². The predicted molar refractivity (Wildman–Crippen MR) is 160 cm³/mol. The summed E-state index contributed by atoms with van der Waals surface area (Å²) in [7, 11) is -4.18. The molecule has 2 aliphatic rings. The van der Waals surface area contributed by atoms with Gasteiger partial charge in [0.15, 0.2) is 0 Å². The van der Waals surface area contributed by atoms with Gasteiger partial charge in [-0.2, -0.15) is 0 Å². The zero-order valence-corrected chi connectivity index (χ0v) is 24.9. The van der Waals surface area contributed by atoms with Crippen LogP contribution in [0, 0.1) is 5.82 Å². The fourth-order valence-corrected chi connectivity index (χ4v) is 7.42. The first kappa shape index (κ1) is 30.0. The molecule has 0 unspecified atom stereocenters. The number of anilines is 3. The highest BCUT2D eigenvalue weighted by atomic mass is 35.5. The van der Waals surface area contributed by atoms with Crippen LogP contribution < -0.4 is 20.3 Å². The Hall–Kier alpha value is -3.52. The maximum absolute atomic E-state index is 15.1. The fourth-order valence-electron chi connectivity index (χ4n) is 5.03. The zero-order valence-electron chi connectivity index (χ0n) is 22.5. The number of fused-ring (bicyclic) bond motifs is 1. The van der Waals surface area contributed by atoms with E-state index in [0.29, 0.717) is 11.1 Å². The predicted octanol–water partition coefficient (Wildman–Crippen LogP) is 5.07. The van der Waals surface area contributed by atoms with Crippen molar-refractivity contribution in [3.63, 3.8) is 0 Å². The minimum atomic E-state index is -4.18. The third-order valence-electron chi connectivity index (χ3n) is 7.05. The lowest BCUT2D eigenvalue weighted by Crippen LogP contribution is -2.43. The minimum absolute atomic E-state index is 0.0820. The first-order chi connectivity index (χ1) is 20.1. The second-order valence-corrected chi connectivity index (χ2v) is 13.7. The molecule has 0 radical (unpaired) electrons. The van der Waals surface area contributed by atoms with Gasteiger partial charge >= 0.3 is 6.03 Å². The molecule has 0 bridgehead atoms. The number of imide groups is 1. The number of sulfonamides is 1. The molecule has 5 rings (SSSR count). The number of halogens is 2. The number of hydrogen-bond donors (Lipinski definition) is 3. The van der Waals surface area contributed by atoms with Crippen molar-refractivity contribution in [1.82, 2.24) is 9.62 Å². The Morgan fingerprint density at radius 1 is 1.00 bits per heavy atom. The molecular weight excluding hydrogens is 605 g/mol. The molecule has 14 heteroatoms. The van der Waals surface area contributed by atoms with Crippen LogP contribution in [-0.4, -0.2) is 57.3 Å². The van der Waals surface area contributed by atoms with Crippen molar-refractivity contribution in [3.8, 4) is 0 Å². The van der Waals surface area contributed by atoms with Crippen molar-refractivity contribution in [2.75, 3.05) is 41.7 Å². The van der Waals surface area contributed by atoms with Crippen LogP contribution in [0.5, 0.6) is 0 Å². The van der Waals surface area contributed by atoms with Crippen LogP contribution in [0.1, 0.15) is 41.6 Å². The molecular formula is C28H29ClFN5O5S2. The Morgan fingerprint density at radius 3 is 2.48 bits per heavy atom. The molecule has 10 nitrogen and oxygen atoms in total. The largest absolute Gasteiger partial charge is 0.385 e. The van der Waals surface area contributed by atoms with Gasteiger partial charge in [-0.15, -0.1) is 11.3 Å². The van der Waals surface area contributed by atoms with E-state index in [9.17, 15) is 22.8 Å². The Bertz CT molecular complexity index is 1620. The van der Waals surface area contributed by atoms with E-state index in [-0.39, 0.29) is 26.3 Å². The summed E-state index contributed by atoms with van der Waals surface area (Å²) in [5, 5.41) is 5.59. The second kappa shape index (κ2) is 12.8. The number of carbonyl (C=O) groups is 3. The van der Waals surface area contributed by atoms with E-state index in [1.165, 1.54) is 43.5 Å². The minimum Gasteiger partial charge on any atom is -0.385 e. The van der Waals surface area contributed by atoms with Gasteiger partial charge < -0.3 is 15.5 Å². The average Bonchev–Trinajstić information content (AvgIpc) is 3.40. The monoisotopic (exact) mass is 633 g/mol. The topological polar surface area (TPSA) is 128 Å². The van der Waals surface area contributed by atoms with Gasteiger partial charge in [-0.25, -0.2) is 27.2 Å². The summed E-state index contributed by atoms with van der Waals surface area (Å²) in [5.41, 5.74) is 1.31. The lowest BCUT2D eigenvalue weighted by Gasteiger charge is -2.28. The first-order valence-corrected chi connectivity index (χ1v) is 16.1. The maximum Gasteiger partial charge on any atom is 0.333 e. The number of likely N-dealkylation sites (tertiary alicyclic amines) is 1. The van der Waals surface area contributed by atoms with Crippen molar-refractivity contribution >= 4 is 67.9 Å². The average molecular weight is 634 g/mol. The number of nitrogens with one attached hydrogen (secondary N) is 3. The fraction of sp³-hybridized carbons (Fsp3) is 0.321. The number of hydrogen-bond acceptors (Lipinski definition) is 8. The molecule has 0 saturated carbocycles. The number of nitrogens with zero attached hydrogens (tertiary/aromatic N) is 2. The molecule has 3 aromatic rings. The number of amides is 4. The molecule has 1 fully saturated rings. The number of benzene rings is 2. The van der Waals surface area contributed by atoms with Crippen LogP contribution in [0.4, 0.5) is 26.2 Å². The Morgan fingerprint density at radius 2 is 1.76 bits per heavy atom. The SMILES string of the molecule is O=C(Nc1ccc(N2C(=O)Cc3cc(NCCCN4CCCCC4)ccc3C2=O)c(F)c1)NS(=O)(=O)c1ccc(Cl)s1. The van der Waals surface area contributed by atoms with E-state index < -0.39 is 33.7 Å². The van der Waals surface area contributed by atoms with Gasteiger partial charge in [0, 0.05) is 23.5 Å². The summed E-state index contributed by atoms with van der Waals surface area (Å²) in [5.74, 6) is -2.19. The van der Waals surface area contributed by atoms with Crippen LogP contribution >= 0.6 is 22.9 Å². The summed E-state index contributed by atoms with van der Waals surface area (Å²) < 4.78 is 41.6. The normalized spacial score (nSPS) is 15.8. The molecule has 3 N–H and O–H groups in total. The lowest BCUT2D eigenvalue weighted by atomic mass is 9.97. The third-order valence-corrected chi connectivity index (χ3v) is 10.1. The molecule has 0 spiro atoms. The van der Waals surface area contributed by atoms with Crippen molar-refractivity contribution in [2.24, 2.45) is 0 Å². The molecule has 1 aromatic heterocycles. The standard InChI is InChI=1S/C28H29ClFN5O5S2/c29-24-9-10-26(41-24)42(39,40)33-28(38)32-20-6-8-23(22(30)17-20)35-25(36)16-18-15-19(5-7-21(18)27(35)37)31-11-4-14-34-12-2-1-3-13-34/h5-10,15,17,31H,1-4,11-14,16H2,(H2,32,33,38). The molecule has 0 atom stereocenters. The molecule has 2 aliphatic heterocycles. The van der Waals surface area contributed by atoms with Gasteiger partial charge in [0.05, 0.1) is 16.4 Å². The smallest absolute Gasteiger partial charge is 0.333 e. The second-order valence-electron chi connectivity index (χ2n) is 10.0. The molecule has 0 aliphatic carbocycles. The highest BCUT2D eigenvalue weighted by Crippen LogP contribution is 2.31. The van der Waals surface area contributed by atoms with E-state index in [0.717, 1.165) is 60.6 Å². The molecule has 3 heterocycles. The summed E-state index contributed by atoms with van der Waals surface area (Å²) in [6.45, 7) is 4.08. The van der Waals surface area contributed by atoms with Crippen molar-refractivity contribution < 1.29 is 27.2 Å². The third kappa shape index (κ3) is 6.92.